The third-order valence-electron chi connectivity index (χ3n) is 3.18. The van der Waals surface area contributed by atoms with Crippen molar-refractivity contribution in [2.75, 3.05) is 7.11 Å². The highest BCUT2D eigenvalue weighted by atomic mass is 35.5. The molecule has 0 saturated carbocycles. The molecule has 0 aliphatic rings. The van der Waals surface area contributed by atoms with E-state index in [1.165, 1.54) is 7.11 Å². The number of nitrogens with one attached hydrogen (secondary N) is 1. The van der Waals surface area contributed by atoms with E-state index < -0.39 is 17.6 Å². The highest BCUT2D eigenvalue weighted by Gasteiger charge is 2.31. The Morgan fingerprint density at radius 3 is 2.57 bits per heavy atom. The van der Waals surface area contributed by atoms with Crippen molar-refractivity contribution < 1.29 is 22.3 Å². The topological polar surface area (TPSA) is 50.8 Å². The van der Waals surface area contributed by atoms with Crippen LogP contribution in [-0.2, 0) is 6.18 Å². The Labute approximate surface area is 132 Å². The molecule has 3 rings (SSSR count). The number of aromatic nitrogens is 3. The molecule has 0 aliphatic heterocycles. The van der Waals surface area contributed by atoms with Crippen molar-refractivity contribution >= 4 is 22.8 Å². The lowest BCUT2D eigenvalue weighted by Crippen LogP contribution is -2.05. The van der Waals surface area contributed by atoms with Gasteiger partial charge in [-0.25, -0.2) is 9.37 Å². The van der Waals surface area contributed by atoms with Crippen molar-refractivity contribution in [1.29, 1.82) is 0 Å². The van der Waals surface area contributed by atoms with Gasteiger partial charge in [-0.1, -0.05) is 0 Å². The van der Waals surface area contributed by atoms with Crippen LogP contribution in [0.3, 0.4) is 0 Å². The molecule has 0 amide bonds. The Balaban J connectivity index is 2.19. The number of fused-ring (bicyclic) bond motifs is 1. The van der Waals surface area contributed by atoms with Gasteiger partial charge in [-0.2, -0.15) is 18.2 Å². The van der Waals surface area contributed by atoms with Gasteiger partial charge in [0.25, 0.3) is 0 Å². The molecule has 23 heavy (non-hydrogen) atoms. The number of hydrogen-bond donors (Lipinski definition) is 1. The summed E-state index contributed by atoms with van der Waals surface area (Å²) in [6.45, 7) is 0. The zero-order chi connectivity index (χ0) is 16.8. The molecule has 2 heterocycles. The summed E-state index contributed by atoms with van der Waals surface area (Å²) in [5, 5.41) is 0.0310. The number of nitrogens with zero attached hydrogens (tertiary/aromatic N) is 2. The van der Waals surface area contributed by atoms with Crippen molar-refractivity contribution in [3.63, 3.8) is 0 Å². The number of halogens is 5. The van der Waals surface area contributed by atoms with Crippen LogP contribution in [0.25, 0.3) is 22.4 Å². The van der Waals surface area contributed by atoms with E-state index in [1.807, 2.05) is 0 Å². The Hall–Kier alpha value is -2.35. The molecule has 0 radical (unpaired) electrons. The molecule has 120 valence electrons. The van der Waals surface area contributed by atoms with E-state index in [0.29, 0.717) is 0 Å². The quantitative estimate of drug-likeness (QED) is 0.698. The predicted molar refractivity (Wildman–Crippen MR) is 75.8 cm³/mol. The van der Waals surface area contributed by atoms with E-state index >= 15 is 0 Å². The summed E-state index contributed by atoms with van der Waals surface area (Å²) in [6, 6.07) is 3.85. The molecule has 3 aromatic rings. The lowest BCUT2D eigenvalue weighted by molar-refractivity contribution is -0.137. The minimum Gasteiger partial charge on any atom is -0.496 e. The molecule has 0 bridgehead atoms. The van der Waals surface area contributed by atoms with Crippen LogP contribution in [-0.4, -0.2) is 22.1 Å². The van der Waals surface area contributed by atoms with Gasteiger partial charge in [0.1, 0.15) is 11.4 Å². The zero-order valence-electron chi connectivity index (χ0n) is 11.5. The molecular formula is C14H8ClF4N3O. The number of benzene rings is 1. The summed E-state index contributed by atoms with van der Waals surface area (Å²) < 4.78 is 57.4. The molecule has 0 atom stereocenters. The van der Waals surface area contributed by atoms with Crippen LogP contribution < -0.4 is 4.74 Å². The highest BCUT2D eigenvalue weighted by molar-refractivity contribution is 6.29. The van der Waals surface area contributed by atoms with E-state index in [-0.39, 0.29) is 33.5 Å². The van der Waals surface area contributed by atoms with Gasteiger partial charge in [0.05, 0.1) is 18.2 Å². The minimum atomic E-state index is -4.53. The second kappa shape index (κ2) is 5.38. The molecule has 0 fully saturated rings. The van der Waals surface area contributed by atoms with E-state index in [0.717, 1.165) is 24.3 Å². The lowest BCUT2D eigenvalue weighted by Gasteiger charge is -2.12. The Kier molecular flexibility index (Phi) is 3.63. The first-order chi connectivity index (χ1) is 10.8. The van der Waals surface area contributed by atoms with Gasteiger partial charge in [-0.05, 0) is 29.8 Å². The number of H-pyrrole nitrogens is 1. The van der Waals surface area contributed by atoms with E-state index in [2.05, 4.69) is 15.0 Å². The number of hydrogen-bond acceptors (Lipinski definition) is 3. The molecule has 2 aromatic heterocycles. The first kappa shape index (κ1) is 15.5. The maximum atomic E-state index is 14.2. The fourth-order valence-electron chi connectivity index (χ4n) is 2.14. The molecule has 0 spiro atoms. The third-order valence-corrected chi connectivity index (χ3v) is 3.36. The maximum absolute atomic E-state index is 14.2. The Bertz CT molecular complexity index is 892. The van der Waals surface area contributed by atoms with Gasteiger partial charge in [0.15, 0.2) is 11.5 Å². The second-order valence-corrected chi connectivity index (χ2v) is 4.99. The van der Waals surface area contributed by atoms with Crippen LogP contribution in [0, 0.1) is 5.82 Å². The normalized spacial score (nSPS) is 11.9. The smallest absolute Gasteiger partial charge is 0.416 e. The van der Waals surface area contributed by atoms with Crippen molar-refractivity contribution in [3.05, 3.63) is 40.9 Å². The van der Waals surface area contributed by atoms with Crippen molar-refractivity contribution in [3.8, 4) is 17.0 Å². The zero-order valence-corrected chi connectivity index (χ0v) is 12.3. The summed E-state index contributed by atoms with van der Waals surface area (Å²) in [7, 11) is 1.20. The third kappa shape index (κ3) is 2.81. The number of rotatable bonds is 2. The van der Waals surface area contributed by atoms with Crippen molar-refractivity contribution in [1.82, 2.24) is 15.0 Å². The summed E-state index contributed by atoms with van der Waals surface area (Å²) in [6.07, 6.45) is -4.53. The average Bonchev–Trinajstić information content (AvgIpc) is 2.83. The second-order valence-electron chi connectivity index (χ2n) is 4.63. The fourth-order valence-corrected chi connectivity index (χ4v) is 2.32. The fraction of sp³-hybridized carbons (Fsp3) is 0.143. The first-order valence-corrected chi connectivity index (χ1v) is 6.65. The van der Waals surface area contributed by atoms with E-state index in [4.69, 9.17) is 16.3 Å². The number of imidazole rings is 1. The largest absolute Gasteiger partial charge is 0.496 e. The van der Waals surface area contributed by atoms with Crippen LogP contribution >= 0.6 is 11.6 Å². The van der Waals surface area contributed by atoms with Gasteiger partial charge < -0.3 is 9.72 Å². The Morgan fingerprint density at radius 2 is 1.91 bits per heavy atom. The van der Waals surface area contributed by atoms with Crippen LogP contribution in [0.2, 0.25) is 5.28 Å². The van der Waals surface area contributed by atoms with Crippen LogP contribution in [0.1, 0.15) is 5.56 Å². The van der Waals surface area contributed by atoms with Gasteiger partial charge in [-0.3, -0.25) is 0 Å². The van der Waals surface area contributed by atoms with Crippen molar-refractivity contribution in [2.45, 2.75) is 6.18 Å². The lowest BCUT2D eigenvalue weighted by atomic mass is 10.1. The molecule has 0 saturated heterocycles. The number of aromatic amines is 1. The summed E-state index contributed by atoms with van der Waals surface area (Å²) in [4.78, 5) is 10.5. The monoisotopic (exact) mass is 345 g/mol. The van der Waals surface area contributed by atoms with Gasteiger partial charge in [0, 0.05) is 11.6 Å². The maximum Gasteiger partial charge on any atom is 0.416 e. The first-order valence-electron chi connectivity index (χ1n) is 6.27. The number of alkyl halides is 3. The molecule has 0 aliphatic carbocycles. The van der Waals surface area contributed by atoms with Gasteiger partial charge >= 0.3 is 6.18 Å². The van der Waals surface area contributed by atoms with Crippen LogP contribution in [0.4, 0.5) is 17.6 Å². The molecule has 4 nitrogen and oxygen atoms in total. The van der Waals surface area contributed by atoms with Crippen LogP contribution in [0.5, 0.6) is 5.75 Å². The number of methoxy groups -OCH3 is 1. The Morgan fingerprint density at radius 1 is 1.17 bits per heavy atom. The predicted octanol–water partition coefficient (Wildman–Crippen LogP) is 4.44. The summed E-state index contributed by atoms with van der Waals surface area (Å²) >= 11 is 5.68. The SMILES string of the molecule is COc1cc(C(F)(F)F)ccc1-c1nc2nc(Cl)[nH]c2cc1F. The summed E-state index contributed by atoms with van der Waals surface area (Å²) in [5.74, 6) is -0.886. The van der Waals surface area contributed by atoms with E-state index in [9.17, 15) is 17.6 Å². The average molecular weight is 346 g/mol. The minimum absolute atomic E-state index is 0.0310. The molecular weight excluding hydrogens is 338 g/mol. The molecule has 1 N–H and O–H groups in total. The van der Waals surface area contributed by atoms with Gasteiger partial charge in [0.2, 0.25) is 5.28 Å². The molecule has 0 unspecified atom stereocenters. The van der Waals surface area contributed by atoms with E-state index in [1.54, 1.807) is 0 Å². The highest BCUT2D eigenvalue weighted by Crippen LogP contribution is 2.37. The van der Waals surface area contributed by atoms with Crippen molar-refractivity contribution in [2.24, 2.45) is 0 Å². The standard InChI is InChI=1S/C14H8ClF4N3O/c1-23-10-4-6(14(17,18)19)2-3-7(10)11-8(16)5-9-12(21-11)22-13(15)20-9/h2-5H,1H3,(H,20,21,22). The number of ether oxygens (including phenoxy) is 1. The summed E-state index contributed by atoms with van der Waals surface area (Å²) in [5.41, 5.74) is -0.567. The molecule has 1 aromatic carbocycles. The van der Waals surface area contributed by atoms with Crippen LogP contribution in [0.15, 0.2) is 24.3 Å². The number of pyridine rings is 1. The van der Waals surface area contributed by atoms with Gasteiger partial charge in [-0.15, -0.1) is 0 Å². The molecule has 9 heteroatoms.